The summed E-state index contributed by atoms with van der Waals surface area (Å²) < 4.78 is 15.7. The molecule has 0 aliphatic rings. The molecule has 3 heterocycles. The summed E-state index contributed by atoms with van der Waals surface area (Å²) >= 11 is 0. The highest BCUT2D eigenvalue weighted by Crippen LogP contribution is 2.24. The number of para-hydroxylation sites is 1. The molecule has 4 rings (SSSR count). The first-order valence-electron chi connectivity index (χ1n) is 7.97. The molecule has 6 heteroatoms. The number of pyridine rings is 2. The van der Waals surface area contributed by atoms with Gasteiger partial charge in [-0.15, -0.1) is 0 Å². The fraction of sp³-hybridized carbons (Fsp3) is 0.105. The van der Waals surface area contributed by atoms with E-state index in [1.54, 1.807) is 24.7 Å². The van der Waals surface area contributed by atoms with Gasteiger partial charge in [-0.3, -0.25) is 9.97 Å². The maximum absolute atomic E-state index is 13.9. The zero-order chi connectivity index (χ0) is 17.2. The maximum atomic E-state index is 13.9. The van der Waals surface area contributed by atoms with E-state index in [4.69, 9.17) is 5.73 Å². The monoisotopic (exact) mass is 333 g/mol. The van der Waals surface area contributed by atoms with Gasteiger partial charge in [-0.2, -0.15) is 5.10 Å². The summed E-state index contributed by atoms with van der Waals surface area (Å²) in [6.45, 7) is 0. The second kappa shape index (κ2) is 6.41. The highest BCUT2D eigenvalue weighted by molar-refractivity contribution is 5.80. The molecule has 0 spiro atoms. The average Bonchev–Trinajstić information content (AvgIpc) is 3.07. The molecule has 0 fully saturated rings. The number of hydrogen-bond acceptors (Lipinski definition) is 4. The Bertz CT molecular complexity index is 1030. The molecule has 0 bridgehead atoms. The summed E-state index contributed by atoms with van der Waals surface area (Å²) in [6.07, 6.45) is 5.30. The molecule has 4 aromatic rings. The van der Waals surface area contributed by atoms with Crippen molar-refractivity contribution < 1.29 is 4.39 Å². The van der Waals surface area contributed by atoms with Crippen molar-refractivity contribution in [3.05, 3.63) is 84.3 Å². The second-order valence-corrected chi connectivity index (χ2v) is 5.77. The van der Waals surface area contributed by atoms with Crippen molar-refractivity contribution in [2.45, 2.75) is 12.5 Å². The summed E-state index contributed by atoms with van der Waals surface area (Å²) in [6, 6.07) is 14.1. The molecule has 0 radical (unpaired) electrons. The van der Waals surface area contributed by atoms with Crippen LogP contribution >= 0.6 is 0 Å². The fourth-order valence-electron chi connectivity index (χ4n) is 2.91. The Kier molecular flexibility index (Phi) is 3.95. The normalized spacial score (nSPS) is 12.4. The summed E-state index contributed by atoms with van der Waals surface area (Å²) in [5.74, 6) is -0.361. The predicted octanol–water partition coefficient (Wildman–Crippen LogP) is 3.20. The highest BCUT2D eigenvalue weighted by atomic mass is 19.1. The van der Waals surface area contributed by atoms with Crippen molar-refractivity contribution in [2.75, 3.05) is 0 Å². The van der Waals surface area contributed by atoms with Crippen molar-refractivity contribution in [2.24, 2.45) is 5.73 Å². The zero-order valence-electron chi connectivity index (χ0n) is 13.4. The Morgan fingerprint density at radius 3 is 2.68 bits per heavy atom. The van der Waals surface area contributed by atoms with Gasteiger partial charge in [-0.25, -0.2) is 9.07 Å². The lowest BCUT2D eigenvalue weighted by Gasteiger charge is -2.15. The molecule has 0 unspecified atom stereocenters. The van der Waals surface area contributed by atoms with Gasteiger partial charge in [0.05, 0.1) is 34.8 Å². The molecule has 0 aliphatic heterocycles. The zero-order valence-corrected chi connectivity index (χ0v) is 13.4. The van der Waals surface area contributed by atoms with Crippen LogP contribution in [0.15, 0.2) is 67.1 Å². The molecule has 2 N–H and O–H groups in total. The van der Waals surface area contributed by atoms with Crippen LogP contribution in [0.4, 0.5) is 4.39 Å². The standard InChI is InChI=1S/C19H16FN5/c20-14-6-3-9-22-16(14)11-15(21)19-18(8-4-10-23-19)25-17-7-2-1-5-13(17)12-24-25/h1-10,12,15H,11,21H2/t15-/m0/s1. The van der Waals surface area contributed by atoms with Crippen molar-refractivity contribution >= 4 is 10.9 Å². The van der Waals surface area contributed by atoms with Gasteiger partial charge < -0.3 is 5.73 Å². The minimum absolute atomic E-state index is 0.260. The lowest BCUT2D eigenvalue weighted by atomic mass is 10.1. The quantitative estimate of drug-likeness (QED) is 0.623. The number of nitrogens with zero attached hydrogens (tertiary/aromatic N) is 4. The van der Waals surface area contributed by atoms with Gasteiger partial charge in [0.2, 0.25) is 0 Å². The number of halogens is 1. The number of nitrogens with two attached hydrogens (primary N) is 1. The lowest BCUT2D eigenvalue weighted by Crippen LogP contribution is -2.19. The van der Waals surface area contributed by atoms with Crippen LogP contribution in [0.2, 0.25) is 0 Å². The first-order valence-corrected chi connectivity index (χ1v) is 7.97. The van der Waals surface area contributed by atoms with E-state index < -0.39 is 6.04 Å². The number of benzene rings is 1. The summed E-state index contributed by atoms with van der Waals surface area (Å²) in [5.41, 5.74) is 9.07. The van der Waals surface area contributed by atoms with Crippen LogP contribution in [0.1, 0.15) is 17.4 Å². The molecule has 124 valence electrons. The van der Waals surface area contributed by atoms with E-state index >= 15 is 0 Å². The molecular weight excluding hydrogens is 317 g/mol. The molecule has 3 aromatic heterocycles. The van der Waals surface area contributed by atoms with E-state index in [2.05, 4.69) is 15.1 Å². The van der Waals surface area contributed by atoms with Crippen molar-refractivity contribution in [3.63, 3.8) is 0 Å². The Morgan fingerprint density at radius 2 is 1.80 bits per heavy atom. The Labute approximate surface area is 144 Å². The van der Waals surface area contributed by atoms with Crippen LogP contribution in [-0.2, 0) is 6.42 Å². The molecule has 0 amide bonds. The van der Waals surface area contributed by atoms with E-state index in [0.717, 1.165) is 16.6 Å². The summed E-state index contributed by atoms with van der Waals surface area (Å²) in [4.78, 5) is 8.51. The number of rotatable bonds is 4. The van der Waals surface area contributed by atoms with Gasteiger partial charge in [-0.1, -0.05) is 18.2 Å². The molecule has 0 saturated heterocycles. The van der Waals surface area contributed by atoms with E-state index in [1.165, 1.54) is 6.07 Å². The predicted molar refractivity (Wildman–Crippen MR) is 93.7 cm³/mol. The van der Waals surface area contributed by atoms with Gasteiger partial charge in [0.1, 0.15) is 5.82 Å². The first-order chi connectivity index (χ1) is 12.2. The third-order valence-corrected chi connectivity index (χ3v) is 4.12. The third-order valence-electron chi connectivity index (χ3n) is 4.12. The van der Waals surface area contributed by atoms with Gasteiger partial charge in [0, 0.05) is 24.2 Å². The van der Waals surface area contributed by atoms with Gasteiger partial charge in [0.25, 0.3) is 0 Å². The molecule has 1 aromatic carbocycles. The van der Waals surface area contributed by atoms with E-state index in [-0.39, 0.29) is 12.2 Å². The molecular formula is C19H16FN5. The van der Waals surface area contributed by atoms with E-state index in [1.807, 2.05) is 41.1 Å². The van der Waals surface area contributed by atoms with Crippen LogP contribution in [0, 0.1) is 5.82 Å². The third kappa shape index (κ3) is 2.88. The number of fused-ring (bicyclic) bond motifs is 1. The van der Waals surface area contributed by atoms with Crippen LogP contribution in [0.25, 0.3) is 16.6 Å². The Balaban J connectivity index is 1.75. The second-order valence-electron chi connectivity index (χ2n) is 5.77. The van der Waals surface area contributed by atoms with Crippen molar-refractivity contribution in [1.29, 1.82) is 0 Å². The number of hydrogen-bond donors (Lipinski definition) is 1. The van der Waals surface area contributed by atoms with Gasteiger partial charge in [-0.05, 0) is 30.3 Å². The smallest absolute Gasteiger partial charge is 0.144 e. The minimum Gasteiger partial charge on any atom is -0.322 e. The van der Waals surface area contributed by atoms with E-state index in [0.29, 0.717) is 11.4 Å². The maximum Gasteiger partial charge on any atom is 0.144 e. The Hall–Kier alpha value is -3.12. The van der Waals surface area contributed by atoms with Gasteiger partial charge in [0.15, 0.2) is 0 Å². The molecule has 1 atom stereocenters. The SMILES string of the molecule is N[C@@H](Cc1ncccc1F)c1ncccc1-n1ncc2ccccc21. The summed E-state index contributed by atoms with van der Waals surface area (Å²) in [5, 5.41) is 5.49. The highest BCUT2D eigenvalue weighted by Gasteiger charge is 2.18. The van der Waals surface area contributed by atoms with Gasteiger partial charge >= 0.3 is 0 Å². The molecule has 25 heavy (non-hydrogen) atoms. The Morgan fingerprint density at radius 1 is 1.00 bits per heavy atom. The number of aromatic nitrogens is 4. The minimum atomic E-state index is -0.497. The molecule has 5 nitrogen and oxygen atoms in total. The van der Waals surface area contributed by atoms with Crippen LogP contribution in [0.5, 0.6) is 0 Å². The largest absolute Gasteiger partial charge is 0.322 e. The summed E-state index contributed by atoms with van der Waals surface area (Å²) in [7, 11) is 0. The van der Waals surface area contributed by atoms with Crippen LogP contribution in [-0.4, -0.2) is 19.7 Å². The van der Waals surface area contributed by atoms with Crippen molar-refractivity contribution in [1.82, 2.24) is 19.7 Å². The van der Waals surface area contributed by atoms with E-state index in [9.17, 15) is 4.39 Å². The topological polar surface area (TPSA) is 69.6 Å². The van der Waals surface area contributed by atoms with Crippen LogP contribution < -0.4 is 5.73 Å². The lowest BCUT2D eigenvalue weighted by molar-refractivity contribution is 0.575. The average molecular weight is 333 g/mol. The molecule has 0 aliphatic carbocycles. The van der Waals surface area contributed by atoms with Crippen molar-refractivity contribution in [3.8, 4) is 5.69 Å². The fourth-order valence-corrected chi connectivity index (χ4v) is 2.91. The first kappa shape index (κ1) is 15.4. The van der Waals surface area contributed by atoms with Crippen LogP contribution in [0.3, 0.4) is 0 Å². The molecule has 0 saturated carbocycles.